The number of nitrogens with zero attached hydrogens (tertiary/aromatic N) is 1. The minimum absolute atomic E-state index is 0.0538. The van der Waals surface area contributed by atoms with E-state index >= 15 is 0 Å². The molecule has 0 aliphatic rings. The van der Waals surface area contributed by atoms with Gasteiger partial charge in [0, 0.05) is 19.2 Å². The first-order valence-corrected chi connectivity index (χ1v) is 6.80. The van der Waals surface area contributed by atoms with Gasteiger partial charge in [0.15, 0.2) is 0 Å². The maximum Gasteiger partial charge on any atom is 0.289 e. The van der Waals surface area contributed by atoms with E-state index in [-0.39, 0.29) is 23.0 Å². The van der Waals surface area contributed by atoms with Gasteiger partial charge >= 0.3 is 0 Å². The van der Waals surface area contributed by atoms with Crippen LogP contribution in [0.5, 0.6) is 0 Å². The van der Waals surface area contributed by atoms with Crippen molar-refractivity contribution in [1.29, 1.82) is 0 Å². The Hall–Kier alpha value is -1.22. The Balaban J connectivity index is 3.33. The number of rotatable bonds is 5. The normalized spacial score (nSPS) is 11.5. The first-order valence-electron chi connectivity index (χ1n) is 4.94. The van der Waals surface area contributed by atoms with Crippen LogP contribution in [0.4, 0.5) is 5.69 Å². The zero-order valence-corrected chi connectivity index (χ0v) is 11.1. The summed E-state index contributed by atoms with van der Waals surface area (Å²) in [5.41, 5.74) is 5.08. The number of benzene rings is 1. The van der Waals surface area contributed by atoms with Crippen LogP contribution < -0.4 is 10.5 Å². The van der Waals surface area contributed by atoms with Gasteiger partial charge in [-0.25, -0.2) is 13.1 Å². The van der Waals surface area contributed by atoms with Gasteiger partial charge in [-0.3, -0.25) is 10.1 Å². The molecule has 0 atom stereocenters. The van der Waals surface area contributed by atoms with Crippen molar-refractivity contribution < 1.29 is 13.3 Å². The van der Waals surface area contributed by atoms with Crippen molar-refractivity contribution in [2.75, 3.05) is 13.1 Å². The summed E-state index contributed by atoms with van der Waals surface area (Å²) in [6.45, 7) is 1.69. The SMILES string of the molecule is Cc1cc(Cl)c([N+](=O)[O-])cc1S(=O)(=O)NCCN. The molecule has 1 rings (SSSR count). The molecule has 0 aliphatic carbocycles. The van der Waals surface area contributed by atoms with Gasteiger partial charge in [-0.15, -0.1) is 0 Å². The molecule has 1 aromatic rings. The number of aryl methyl sites for hydroxylation is 1. The molecule has 18 heavy (non-hydrogen) atoms. The van der Waals surface area contributed by atoms with E-state index in [2.05, 4.69) is 4.72 Å². The largest absolute Gasteiger partial charge is 0.329 e. The van der Waals surface area contributed by atoms with Crippen molar-refractivity contribution >= 4 is 27.3 Å². The van der Waals surface area contributed by atoms with Crippen LogP contribution in [-0.2, 0) is 10.0 Å². The monoisotopic (exact) mass is 293 g/mol. The fourth-order valence-electron chi connectivity index (χ4n) is 1.34. The van der Waals surface area contributed by atoms with E-state index in [1.54, 1.807) is 0 Å². The van der Waals surface area contributed by atoms with Crippen molar-refractivity contribution in [3.63, 3.8) is 0 Å². The van der Waals surface area contributed by atoms with Crippen LogP contribution >= 0.6 is 11.6 Å². The minimum Gasteiger partial charge on any atom is -0.329 e. The first kappa shape index (κ1) is 14.8. The van der Waals surface area contributed by atoms with Crippen LogP contribution in [-0.4, -0.2) is 26.4 Å². The third-order valence-electron chi connectivity index (χ3n) is 2.17. The van der Waals surface area contributed by atoms with Crippen molar-refractivity contribution in [3.05, 3.63) is 32.8 Å². The van der Waals surface area contributed by atoms with Gasteiger partial charge in [-0.05, 0) is 18.6 Å². The molecular formula is C9H12ClN3O4S. The summed E-state index contributed by atoms with van der Waals surface area (Å²) < 4.78 is 26.0. The van der Waals surface area contributed by atoms with Gasteiger partial charge in [-0.1, -0.05) is 11.6 Å². The molecule has 0 aromatic heterocycles. The molecule has 0 saturated heterocycles. The number of sulfonamides is 1. The lowest BCUT2D eigenvalue weighted by molar-refractivity contribution is -0.384. The molecule has 100 valence electrons. The molecule has 0 amide bonds. The Bertz CT molecular complexity index is 573. The lowest BCUT2D eigenvalue weighted by Gasteiger charge is -2.09. The highest BCUT2D eigenvalue weighted by molar-refractivity contribution is 7.89. The highest BCUT2D eigenvalue weighted by Crippen LogP contribution is 2.29. The molecule has 0 saturated carbocycles. The van der Waals surface area contributed by atoms with Crippen LogP contribution in [0, 0.1) is 17.0 Å². The fourth-order valence-corrected chi connectivity index (χ4v) is 2.92. The Morgan fingerprint density at radius 1 is 1.50 bits per heavy atom. The quantitative estimate of drug-likeness (QED) is 0.615. The van der Waals surface area contributed by atoms with Crippen LogP contribution in [0.2, 0.25) is 5.02 Å². The molecule has 1 aromatic carbocycles. The lowest BCUT2D eigenvalue weighted by atomic mass is 10.2. The molecule has 9 heteroatoms. The summed E-state index contributed by atoms with van der Waals surface area (Å²) in [4.78, 5) is 9.81. The minimum atomic E-state index is -3.82. The Kier molecular flexibility index (Phi) is 4.63. The molecule has 7 nitrogen and oxygen atoms in total. The van der Waals surface area contributed by atoms with Crippen molar-refractivity contribution in [2.45, 2.75) is 11.8 Å². The molecule has 3 N–H and O–H groups in total. The van der Waals surface area contributed by atoms with E-state index in [0.29, 0.717) is 5.56 Å². The average molecular weight is 294 g/mol. The van der Waals surface area contributed by atoms with Crippen LogP contribution in [0.3, 0.4) is 0 Å². The number of nitrogens with one attached hydrogen (secondary N) is 1. The number of halogens is 1. The molecule has 0 radical (unpaired) electrons. The second-order valence-corrected chi connectivity index (χ2v) is 5.66. The number of nitro benzene ring substituents is 1. The lowest BCUT2D eigenvalue weighted by Crippen LogP contribution is -2.29. The van der Waals surface area contributed by atoms with Crippen LogP contribution in [0.1, 0.15) is 5.56 Å². The number of hydrogen-bond donors (Lipinski definition) is 2. The molecule has 0 fully saturated rings. The van der Waals surface area contributed by atoms with Gasteiger partial charge in [-0.2, -0.15) is 0 Å². The number of hydrogen-bond acceptors (Lipinski definition) is 5. The topological polar surface area (TPSA) is 115 Å². The fraction of sp³-hybridized carbons (Fsp3) is 0.333. The van der Waals surface area contributed by atoms with Crippen molar-refractivity contribution in [3.8, 4) is 0 Å². The van der Waals surface area contributed by atoms with Crippen molar-refractivity contribution in [2.24, 2.45) is 5.73 Å². The van der Waals surface area contributed by atoms with Crippen molar-refractivity contribution in [1.82, 2.24) is 4.72 Å². The summed E-state index contributed by atoms with van der Waals surface area (Å²) in [5, 5.41) is 10.6. The second kappa shape index (κ2) is 5.61. The average Bonchev–Trinajstić information content (AvgIpc) is 2.25. The summed E-state index contributed by atoms with van der Waals surface area (Å²) in [7, 11) is -3.82. The predicted octanol–water partition coefficient (Wildman–Crippen LogP) is 0.794. The highest BCUT2D eigenvalue weighted by atomic mass is 35.5. The van der Waals surface area contributed by atoms with Crippen LogP contribution in [0.25, 0.3) is 0 Å². The van der Waals surface area contributed by atoms with E-state index in [1.807, 2.05) is 0 Å². The summed E-state index contributed by atoms with van der Waals surface area (Å²) in [6, 6.07) is 2.19. The standard InChI is InChI=1S/C9H12ClN3O4S/c1-6-4-7(10)8(13(14)15)5-9(6)18(16,17)12-3-2-11/h4-5,12H,2-3,11H2,1H3. The molecule has 0 spiro atoms. The second-order valence-electron chi connectivity index (χ2n) is 3.51. The van der Waals surface area contributed by atoms with E-state index in [0.717, 1.165) is 6.07 Å². The zero-order valence-electron chi connectivity index (χ0n) is 9.51. The van der Waals surface area contributed by atoms with Gasteiger partial charge in [0.25, 0.3) is 5.69 Å². The summed E-state index contributed by atoms with van der Waals surface area (Å²) in [5.74, 6) is 0. The van der Waals surface area contributed by atoms with Gasteiger partial charge in [0.2, 0.25) is 10.0 Å². The Labute approximate surface area is 109 Å². The summed E-state index contributed by atoms with van der Waals surface area (Å²) >= 11 is 5.67. The maximum absolute atomic E-state index is 11.9. The molecular weight excluding hydrogens is 282 g/mol. The summed E-state index contributed by atoms with van der Waals surface area (Å²) in [6.07, 6.45) is 0. The molecule has 0 heterocycles. The van der Waals surface area contributed by atoms with E-state index in [4.69, 9.17) is 17.3 Å². The third kappa shape index (κ3) is 3.16. The van der Waals surface area contributed by atoms with Crippen LogP contribution in [0.15, 0.2) is 17.0 Å². The first-order chi connectivity index (χ1) is 8.29. The zero-order chi connectivity index (χ0) is 13.9. The Morgan fingerprint density at radius 3 is 2.61 bits per heavy atom. The van der Waals surface area contributed by atoms with Gasteiger partial charge < -0.3 is 5.73 Å². The number of nitrogens with two attached hydrogens (primary N) is 1. The molecule has 0 aliphatic heterocycles. The number of nitro groups is 1. The predicted molar refractivity (Wildman–Crippen MR) is 67.1 cm³/mol. The van der Waals surface area contributed by atoms with Gasteiger partial charge in [0.05, 0.1) is 9.82 Å². The third-order valence-corrected chi connectivity index (χ3v) is 4.07. The maximum atomic E-state index is 11.9. The van der Waals surface area contributed by atoms with E-state index < -0.39 is 20.6 Å². The highest BCUT2D eigenvalue weighted by Gasteiger charge is 2.22. The molecule has 0 bridgehead atoms. The van der Waals surface area contributed by atoms with E-state index in [1.165, 1.54) is 13.0 Å². The Morgan fingerprint density at radius 2 is 2.11 bits per heavy atom. The van der Waals surface area contributed by atoms with E-state index in [9.17, 15) is 18.5 Å². The smallest absolute Gasteiger partial charge is 0.289 e. The molecule has 0 unspecified atom stereocenters. The van der Waals surface area contributed by atoms with Gasteiger partial charge in [0.1, 0.15) is 5.02 Å².